The van der Waals surface area contributed by atoms with Crippen molar-refractivity contribution < 1.29 is 18.3 Å². The lowest BCUT2D eigenvalue weighted by molar-refractivity contribution is 0.0922. The number of nitrogens with one attached hydrogen (secondary N) is 1. The normalized spacial score (nSPS) is 13.1. The van der Waals surface area contributed by atoms with Crippen LogP contribution in [0.4, 0.5) is 5.69 Å². The van der Waals surface area contributed by atoms with Gasteiger partial charge >= 0.3 is 0 Å². The first-order valence-corrected chi connectivity index (χ1v) is 7.15. The number of nitrogens with two attached hydrogens (primary N) is 1. The van der Waals surface area contributed by atoms with Gasteiger partial charge in [0.1, 0.15) is 0 Å². The molecule has 0 saturated heterocycles. The molecule has 0 unspecified atom stereocenters. The van der Waals surface area contributed by atoms with Gasteiger partial charge in [-0.25, -0.2) is 8.42 Å². The van der Waals surface area contributed by atoms with Gasteiger partial charge in [0.15, 0.2) is 9.84 Å². The number of aliphatic hydroxyl groups excluding tert-OH is 1. The Kier molecular flexibility index (Phi) is 4.31. The van der Waals surface area contributed by atoms with Crippen LogP contribution in [0.25, 0.3) is 0 Å². The smallest absolute Gasteiger partial charge is 0.251 e. The lowest BCUT2D eigenvalue weighted by atomic mass is 10.2. The van der Waals surface area contributed by atoms with Gasteiger partial charge < -0.3 is 16.2 Å². The Balaban J connectivity index is 3.11. The van der Waals surface area contributed by atoms with E-state index in [4.69, 9.17) is 10.8 Å². The molecule has 4 N–H and O–H groups in total. The van der Waals surface area contributed by atoms with Crippen LogP contribution in [0.2, 0.25) is 0 Å². The first-order chi connectivity index (χ1) is 8.24. The molecular formula is C11H16N2O4S. The lowest BCUT2D eigenvalue weighted by Crippen LogP contribution is -2.35. The zero-order chi connectivity index (χ0) is 13.9. The average molecular weight is 272 g/mol. The fraction of sp³-hybridized carbons (Fsp3) is 0.364. The standard InChI is InChI=1S/C11H16N2O4S/c1-7(6-14)13-11(15)8-3-9(12)5-10(4-8)18(2,16)17/h3-5,7,14H,6,12H2,1-2H3,(H,13,15)/t7-/m0/s1. The lowest BCUT2D eigenvalue weighted by Gasteiger charge is -2.11. The van der Waals surface area contributed by atoms with Crippen molar-refractivity contribution in [3.8, 4) is 0 Å². The van der Waals surface area contributed by atoms with Crippen molar-refractivity contribution in [2.75, 3.05) is 18.6 Å². The van der Waals surface area contributed by atoms with Crippen LogP contribution in [0.3, 0.4) is 0 Å². The van der Waals surface area contributed by atoms with Gasteiger partial charge in [0.2, 0.25) is 0 Å². The van der Waals surface area contributed by atoms with Crippen molar-refractivity contribution >= 4 is 21.4 Å². The van der Waals surface area contributed by atoms with E-state index in [1.807, 2.05) is 0 Å². The van der Waals surface area contributed by atoms with Crippen molar-refractivity contribution in [2.24, 2.45) is 0 Å². The highest BCUT2D eigenvalue weighted by molar-refractivity contribution is 7.90. The number of hydrogen-bond acceptors (Lipinski definition) is 5. The second kappa shape index (κ2) is 5.36. The molecule has 0 spiro atoms. The predicted octanol–water partition coefficient (Wildman–Crippen LogP) is -0.217. The number of rotatable bonds is 4. The third-order valence-corrected chi connectivity index (χ3v) is 3.36. The topological polar surface area (TPSA) is 109 Å². The van der Waals surface area contributed by atoms with Crippen molar-refractivity contribution in [3.63, 3.8) is 0 Å². The van der Waals surface area contributed by atoms with E-state index in [0.717, 1.165) is 6.26 Å². The zero-order valence-electron chi connectivity index (χ0n) is 10.2. The molecule has 0 bridgehead atoms. The largest absolute Gasteiger partial charge is 0.399 e. The Morgan fingerprint density at radius 3 is 2.56 bits per heavy atom. The highest BCUT2D eigenvalue weighted by Gasteiger charge is 2.14. The Labute approximate surface area is 106 Å². The van der Waals surface area contributed by atoms with E-state index in [1.165, 1.54) is 18.2 Å². The summed E-state index contributed by atoms with van der Waals surface area (Å²) in [5.74, 6) is -0.478. The number of aliphatic hydroxyl groups is 1. The maximum atomic E-state index is 11.8. The van der Waals surface area contributed by atoms with E-state index in [2.05, 4.69) is 5.32 Å². The molecule has 1 atom stereocenters. The van der Waals surface area contributed by atoms with Gasteiger partial charge in [-0.3, -0.25) is 4.79 Å². The molecule has 0 aromatic heterocycles. The Bertz CT molecular complexity index is 554. The molecule has 1 aromatic carbocycles. The minimum Gasteiger partial charge on any atom is -0.399 e. The van der Waals surface area contributed by atoms with Crippen LogP contribution < -0.4 is 11.1 Å². The second-order valence-corrected chi connectivity index (χ2v) is 6.14. The number of benzene rings is 1. The SMILES string of the molecule is C[C@@H](CO)NC(=O)c1cc(N)cc(S(C)(=O)=O)c1. The molecule has 0 heterocycles. The zero-order valence-corrected chi connectivity index (χ0v) is 11.0. The molecule has 0 fully saturated rings. The molecule has 7 heteroatoms. The van der Waals surface area contributed by atoms with Gasteiger partial charge in [-0.2, -0.15) is 0 Å². The van der Waals surface area contributed by atoms with Gasteiger partial charge in [0, 0.05) is 23.5 Å². The molecule has 1 amide bonds. The molecule has 18 heavy (non-hydrogen) atoms. The summed E-state index contributed by atoms with van der Waals surface area (Å²) in [6.07, 6.45) is 1.04. The van der Waals surface area contributed by atoms with E-state index in [1.54, 1.807) is 6.92 Å². The van der Waals surface area contributed by atoms with Crippen LogP contribution in [0.15, 0.2) is 23.1 Å². The monoisotopic (exact) mass is 272 g/mol. The fourth-order valence-electron chi connectivity index (χ4n) is 1.32. The fourth-order valence-corrected chi connectivity index (χ4v) is 2.01. The molecule has 1 rings (SSSR count). The average Bonchev–Trinajstić information content (AvgIpc) is 2.26. The summed E-state index contributed by atoms with van der Waals surface area (Å²) in [5.41, 5.74) is 5.91. The molecule has 1 aromatic rings. The van der Waals surface area contributed by atoms with Gasteiger partial charge in [-0.1, -0.05) is 0 Å². The van der Waals surface area contributed by atoms with E-state index in [0.29, 0.717) is 0 Å². The maximum Gasteiger partial charge on any atom is 0.251 e. The number of sulfone groups is 1. The summed E-state index contributed by atoms with van der Waals surface area (Å²) >= 11 is 0. The molecule has 0 aliphatic rings. The van der Waals surface area contributed by atoms with Crippen molar-refractivity contribution in [2.45, 2.75) is 17.9 Å². The minimum atomic E-state index is -3.42. The van der Waals surface area contributed by atoms with E-state index in [-0.39, 0.29) is 22.8 Å². The summed E-state index contributed by atoms with van der Waals surface area (Å²) in [6.45, 7) is 1.43. The molecule has 6 nitrogen and oxygen atoms in total. The number of anilines is 1. The van der Waals surface area contributed by atoms with Gasteiger partial charge in [-0.15, -0.1) is 0 Å². The molecular weight excluding hydrogens is 256 g/mol. The van der Waals surface area contributed by atoms with Crippen LogP contribution in [0, 0.1) is 0 Å². The van der Waals surface area contributed by atoms with E-state index < -0.39 is 21.8 Å². The van der Waals surface area contributed by atoms with Crippen LogP contribution in [0.1, 0.15) is 17.3 Å². The van der Waals surface area contributed by atoms with Crippen molar-refractivity contribution in [1.29, 1.82) is 0 Å². The summed E-state index contributed by atoms with van der Waals surface area (Å²) in [4.78, 5) is 11.8. The number of hydrogen-bond donors (Lipinski definition) is 3. The third kappa shape index (κ3) is 3.71. The second-order valence-electron chi connectivity index (χ2n) is 4.12. The van der Waals surface area contributed by atoms with Gasteiger partial charge in [-0.05, 0) is 25.1 Å². The first-order valence-electron chi connectivity index (χ1n) is 5.26. The highest BCUT2D eigenvalue weighted by atomic mass is 32.2. The summed E-state index contributed by atoms with van der Waals surface area (Å²) < 4.78 is 22.8. The maximum absolute atomic E-state index is 11.8. The Hall–Kier alpha value is -1.60. The van der Waals surface area contributed by atoms with Crippen LogP contribution in [-0.2, 0) is 9.84 Å². The Morgan fingerprint density at radius 1 is 1.44 bits per heavy atom. The van der Waals surface area contributed by atoms with Gasteiger partial charge in [0.25, 0.3) is 5.91 Å². The minimum absolute atomic E-state index is 0.00991. The summed E-state index contributed by atoms with van der Waals surface area (Å²) in [7, 11) is -3.42. The van der Waals surface area contributed by atoms with Crippen LogP contribution in [0.5, 0.6) is 0 Å². The van der Waals surface area contributed by atoms with Crippen molar-refractivity contribution in [1.82, 2.24) is 5.32 Å². The van der Waals surface area contributed by atoms with Crippen molar-refractivity contribution in [3.05, 3.63) is 23.8 Å². The summed E-state index contributed by atoms with van der Waals surface area (Å²) in [5, 5.41) is 11.3. The molecule has 0 aliphatic heterocycles. The molecule has 100 valence electrons. The molecule has 0 radical (unpaired) electrons. The van der Waals surface area contributed by atoms with E-state index >= 15 is 0 Å². The third-order valence-electron chi connectivity index (χ3n) is 2.27. The van der Waals surface area contributed by atoms with Crippen LogP contribution in [-0.4, -0.2) is 38.3 Å². The predicted molar refractivity (Wildman–Crippen MR) is 68.0 cm³/mol. The number of amides is 1. The molecule has 0 aliphatic carbocycles. The first kappa shape index (κ1) is 14.5. The van der Waals surface area contributed by atoms with Crippen LogP contribution >= 0.6 is 0 Å². The highest BCUT2D eigenvalue weighted by Crippen LogP contribution is 2.16. The Morgan fingerprint density at radius 2 is 2.06 bits per heavy atom. The van der Waals surface area contributed by atoms with Gasteiger partial charge in [0.05, 0.1) is 11.5 Å². The number of carbonyl (C=O) groups excluding carboxylic acids is 1. The number of carbonyl (C=O) groups is 1. The molecule has 0 saturated carbocycles. The van der Waals surface area contributed by atoms with E-state index in [9.17, 15) is 13.2 Å². The quantitative estimate of drug-likeness (QED) is 0.657. The summed E-state index contributed by atoms with van der Waals surface area (Å²) in [6, 6.07) is 3.52. The number of nitrogen functional groups attached to an aromatic ring is 1.